The number of non-ortho nitro benzene ring substituents is 1. The van der Waals surface area contributed by atoms with E-state index in [1.54, 1.807) is 0 Å². The molecule has 9 heteroatoms. The monoisotopic (exact) mass is 410 g/mol. The lowest BCUT2D eigenvalue weighted by Crippen LogP contribution is -2.38. The van der Waals surface area contributed by atoms with Crippen LogP contribution in [0.15, 0.2) is 46.9 Å². The maximum atomic E-state index is 12.5. The summed E-state index contributed by atoms with van der Waals surface area (Å²) in [6.45, 7) is 1.75. The average Bonchev–Trinajstić information content (AvgIpc) is 3.18. The van der Waals surface area contributed by atoms with E-state index in [9.17, 15) is 14.9 Å². The molecule has 4 rings (SSSR count). The molecule has 0 unspecified atom stereocenters. The van der Waals surface area contributed by atoms with Crippen LogP contribution in [0.1, 0.15) is 24.7 Å². The molecule has 9 nitrogen and oxygen atoms in total. The Kier molecular flexibility index (Phi) is 5.62. The van der Waals surface area contributed by atoms with Gasteiger partial charge < -0.3 is 14.5 Å². The van der Waals surface area contributed by atoms with Gasteiger partial charge in [-0.3, -0.25) is 19.8 Å². The second kappa shape index (κ2) is 8.50. The topological polar surface area (TPSA) is 111 Å². The van der Waals surface area contributed by atoms with Gasteiger partial charge >= 0.3 is 0 Å². The van der Waals surface area contributed by atoms with Gasteiger partial charge in [0.05, 0.1) is 30.3 Å². The van der Waals surface area contributed by atoms with Crippen molar-refractivity contribution in [3.8, 4) is 5.75 Å². The van der Waals surface area contributed by atoms with Crippen LogP contribution < -0.4 is 10.1 Å². The van der Waals surface area contributed by atoms with Crippen LogP contribution in [0.4, 0.5) is 11.4 Å². The van der Waals surface area contributed by atoms with Crippen LogP contribution >= 0.6 is 0 Å². The predicted molar refractivity (Wildman–Crippen MR) is 111 cm³/mol. The van der Waals surface area contributed by atoms with E-state index in [4.69, 9.17) is 9.15 Å². The molecule has 0 spiro atoms. The van der Waals surface area contributed by atoms with Gasteiger partial charge in [0.25, 0.3) is 5.69 Å². The van der Waals surface area contributed by atoms with Gasteiger partial charge in [-0.05, 0) is 44.1 Å². The average molecular weight is 410 g/mol. The first-order valence-corrected chi connectivity index (χ1v) is 9.73. The zero-order valence-electron chi connectivity index (χ0n) is 16.5. The molecule has 0 atom stereocenters. The number of rotatable bonds is 6. The number of amides is 1. The van der Waals surface area contributed by atoms with Gasteiger partial charge in [0.2, 0.25) is 5.91 Å². The molecule has 1 aromatic heterocycles. The van der Waals surface area contributed by atoms with Crippen molar-refractivity contribution < 1.29 is 18.9 Å². The number of hydrogen-bond donors (Lipinski definition) is 1. The van der Waals surface area contributed by atoms with Crippen LogP contribution in [-0.4, -0.2) is 47.5 Å². The number of nitro groups is 1. The predicted octanol–water partition coefficient (Wildman–Crippen LogP) is 3.56. The van der Waals surface area contributed by atoms with Crippen LogP contribution in [0.5, 0.6) is 5.75 Å². The lowest BCUT2D eigenvalue weighted by molar-refractivity contribution is -0.384. The summed E-state index contributed by atoms with van der Waals surface area (Å²) >= 11 is 0. The first kappa shape index (κ1) is 19.8. The Balaban J connectivity index is 1.32. The number of likely N-dealkylation sites (tertiary alicyclic amines) is 1. The summed E-state index contributed by atoms with van der Waals surface area (Å²) in [7, 11) is 1.41. The Morgan fingerprint density at radius 1 is 1.30 bits per heavy atom. The highest BCUT2D eigenvalue weighted by molar-refractivity contribution is 5.94. The fourth-order valence-corrected chi connectivity index (χ4v) is 3.69. The lowest BCUT2D eigenvalue weighted by atomic mass is 9.97. The Bertz CT molecular complexity index is 1040. The van der Waals surface area contributed by atoms with E-state index in [0.29, 0.717) is 5.69 Å². The number of nitrogens with zero attached hydrogens (tertiary/aromatic N) is 3. The number of anilines is 1. The number of nitrogens with one attached hydrogen (secondary N) is 1. The number of oxazole rings is 1. The summed E-state index contributed by atoms with van der Waals surface area (Å²) in [5.41, 5.74) is 1.98. The molecule has 1 saturated heterocycles. The highest BCUT2D eigenvalue weighted by atomic mass is 16.6. The lowest BCUT2D eigenvalue weighted by Gasteiger charge is -2.29. The summed E-state index contributed by atoms with van der Waals surface area (Å²) < 4.78 is 11.0. The Labute approximate surface area is 172 Å². The molecule has 1 fully saturated rings. The molecule has 3 aromatic rings. The zero-order valence-corrected chi connectivity index (χ0v) is 16.5. The van der Waals surface area contributed by atoms with Crippen molar-refractivity contribution in [1.82, 2.24) is 9.88 Å². The minimum absolute atomic E-state index is 0.0916. The number of piperidine rings is 1. The zero-order chi connectivity index (χ0) is 21.1. The third kappa shape index (κ3) is 4.25. The van der Waals surface area contributed by atoms with Crippen LogP contribution in [0.3, 0.4) is 0 Å². The molecule has 1 amide bonds. The maximum absolute atomic E-state index is 12.5. The van der Waals surface area contributed by atoms with Crippen molar-refractivity contribution in [3.63, 3.8) is 0 Å². The maximum Gasteiger partial charge on any atom is 0.273 e. The SMILES string of the molecule is COc1cc([N+](=O)[O-])ccc1NC(=O)CN1CCC(c2nc3ccccc3o2)CC1. The minimum atomic E-state index is -0.505. The van der Waals surface area contributed by atoms with Crippen molar-refractivity contribution >= 4 is 28.4 Å². The van der Waals surface area contributed by atoms with Gasteiger partial charge in [-0.1, -0.05) is 12.1 Å². The number of fused-ring (bicyclic) bond motifs is 1. The number of methoxy groups -OCH3 is 1. The molecule has 2 aromatic carbocycles. The molecule has 30 heavy (non-hydrogen) atoms. The molecule has 0 aliphatic carbocycles. The molecule has 2 heterocycles. The molecule has 1 aliphatic heterocycles. The Morgan fingerprint density at radius 3 is 2.77 bits per heavy atom. The number of carbonyl (C=O) groups is 1. The van der Waals surface area contributed by atoms with E-state index in [1.807, 2.05) is 24.3 Å². The third-order valence-electron chi connectivity index (χ3n) is 5.28. The number of aromatic nitrogens is 1. The van der Waals surface area contributed by atoms with E-state index >= 15 is 0 Å². The van der Waals surface area contributed by atoms with Gasteiger partial charge in [0.1, 0.15) is 11.3 Å². The second-order valence-corrected chi connectivity index (χ2v) is 7.26. The molecular weight excluding hydrogens is 388 g/mol. The van der Waals surface area contributed by atoms with Gasteiger partial charge in [0.15, 0.2) is 11.5 Å². The van der Waals surface area contributed by atoms with Crippen LogP contribution in [0.25, 0.3) is 11.1 Å². The smallest absolute Gasteiger partial charge is 0.273 e. The quantitative estimate of drug-likeness (QED) is 0.488. The van der Waals surface area contributed by atoms with Crippen molar-refractivity contribution in [3.05, 3.63) is 58.5 Å². The summed E-state index contributed by atoms with van der Waals surface area (Å²) in [6, 6.07) is 11.8. The van der Waals surface area contributed by atoms with Crippen molar-refractivity contribution in [1.29, 1.82) is 0 Å². The van der Waals surface area contributed by atoms with Crippen LogP contribution in [0, 0.1) is 10.1 Å². The fourth-order valence-electron chi connectivity index (χ4n) is 3.69. The molecular formula is C21H22N4O5. The van der Waals surface area contributed by atoms with Crippen LogP contribution in [0.2, 0.25) is 0 Å². The number of nitro benzene ring substituents is 1. The van der Waals surface area contributed by atoms with Crippen LogP contribution in [-0.2, 0) is 4.79 Å². The molecule has 156 valence electrons. The van der Waals surface area contributed by atoms with E-state index in [1.165, 1.54) is 25.3 Å². The fraction of sp³-hybridized carbons (Fsp3) is 0.333. The number of carbonyl (C=O) groups excluding carboxylic acids is 1. The Hall–Kier alpha value is -3.46. The Morgan fingerprint density at radius 2 is 2.07 bits per heavy atom. The molecule has 0 radical (unpaired) electrons. The van der Waals surface area contributed by atoms with Gasteiger partial charge in [0, 0.05) is 12.0 Å². The minimum Gasteiger partial charge on any atom is -0.494 e. The number of para-hydroxylation sites is 2. The van der Waals surface area contributed by atoms with Gasteiger partial charge in [-0.25, -0.2) is 4.98 Å². The number of hydrogen-bond acceptors (Lipinski definition) is 7. The standard InChI is InChI=1S/C21H22N4O5/c1-29-19-12-15(25(27)28)6-7-17(19)22-20(26)13-24-10-8-14(9-11-24)21-23-16-4-2-3-5-18(16)30-21/h2-7,12,14H,8-11,13H2,1H3,(H,22,26). The summed E-state index contributed by atoms with van der Waals surface area (Å²) in [6.07, 6.45) is 1.72. The van der Waals surface area contributed by atoms with Gasteiger partial charge in [-0.15, -0.1) is 0 Å². The summed E-state index contributed by atoms with van der Waals surface area (Å²) in [5, 5.41) is 13.7. The largest absolute Gasteiger partial charge is 0.494 e. The highest BCUT2D eigenvalue weighted by Crippen LogP contribution is 2.31. The summed E-state index contributed by atoms with van der Waals surface area (Å²) in [5.74, 6) is 1.07. The van der Waals surface area contributed by atoms with E-state index in [-0.39, 0.29) is 29.8 Å². The third-order valence-corrected chi connectivity index (χ3v) is 5.28. The summed E-state index contributed by atoms with van der Waals surface area (Å²) in [4.78, 5) is 29.5. The van der Waals surface area contributed by atoms with Crippen molar-refractivity contribution in [2.45, 2.75) is 18.8 Å². The molecule has 0 bridgehead atoms. The van der Waals surface area contributed by atoms with Crippen molar-refractivity contribution in [2.75, 3.05) is 32.1 Å². The van der Waals surface area contributed by atoms with Gasteiger partial charge in [-0.2, -0.15) is 0 Å². The molecule has 1 aliphatic rings. The van der Waals surface area contributed by atoms with Crippen molar-refractivity contribution in [2.24, 2.45) is 0 Å². The highest BCUT2D eigenvalue weighted by Gasteiger charge is 2.26. The van der Waals surface area contributed by atoms with E-state index in [0.717, 1.165) is 42.9 Å². The van der Waals surface area contributed by atoms with E-state index < -0.39 is 4.92 Å². The normalized spacial score (nSPS) is 15.2. The molecule has 1 N–H and O–H groups in total. The first-order chi connectivity index (χ1) is 14.5. The first-order valence-electron chi connectivity index (χ1n) is 9.73. The van der Waals surface area contributed by atoms with E-state index in [2.05, 4.69) is 15.2 Å². The number of ether oxygens (including phenoxy) is 1. The molecule has 0 saturated carbocycles. The second-order valence-electron chi connectivity index (χ2n) is 7.26. The number of benzene rings is 2.